The molecule has 1 saturated heterocycles. The van der Waals surface area contributed by atoms with Gasteiger partial charge < -0.3 is 14.8 Å². The Kier molecular flexibility index (Phi) is 7.21. The quantitative estimate of drug-likeness (QED) is 0.765. The van der Waals surface area contributed by atoms with Crippen LogP contribution in [0.2, 0.25) is 0 Å². The van der Waals surface area contributed by atoms with Gasteiger partial charge in [-0.25, -0.2) is 4.79 Å². The van der Waals surface area contributed by atoms with Gasteiger partial charge in [-0.3, -0.25) is 9.69 Å². The van der Waals surface area contributed by atoms with Crippen LogP contribution in [0.5, 0.6) is 0 Å². The Morgan fingerprint density at radius 3 is 2.50 bits per heavy atom. The molecule has 0 saturated carbocycles. The first-order valence-electron chi connectivity index (χ1n) is 8.37. The van der Waals surface area contributed by atoms with Gasteiger partial charge >= 0.3 is 5.97 Å². The highest BCUT2D eigenvalue weighted by atomic mass is 16.5. The van der Waals surface area contributed by atoms with Gasteiger partial charge in [-0.2, -0.15) is 0 Å². The summed E-state index contributed by atoms with van der Waals surface area (Å²) >= 11 is 0. The predicted molar refractivity (Wildman–Crippen MR) is 90.7 cm³/mol. The van der Waals surface area contributed by atoms with E-state index < -0.39 is 5.97 Å². The molecule has 2 rings (SSSR count). The van der Waals surface area contributed by atoms with Crippen LogP contribution in [0.1, 0.15) is 29.8 Å². The molecule has 0 atom stereocenters. The third-order valence-corrected chi connectivity index (χ3v) is 3.74. The van der Waals surface area contributed by atoms with Crippen molar-refractivity contribution in [3.05, 3.63) is 35.4 Å². The van der Waals surface area contributed by atoms with Crippen LogP contribution in [-0.4, -0.2) is 56.2 Å². The van der Waals surface area contributed by atoms with Crippen LogP contribution in [-0.2, 0) is 20.8 Å². The van der Waals surface area contributed by atoms with Gasteiger partial charge in [0.25, 0.3) is 5.91 Å². The average molecular weight is 334 g/mol. The highest BCUT2D eigenvalue weighted by Gasteiger charge is 2.13. The first-order chi connectivity index (χ1) is 11.5. The largest absolute Gasteiger partial charge is 0.452 e. The molecule has 24 heavy (non-hydrogen) atoms. The van der Waals surface area contributed by atoms with Crippen molar-refractivity contribution in [3.8, 4) is 0 Å². The van der Waals surface area contributed by atoms with Crippen molar-refractivity contribution >= 4 is 11.9 Å². The molecule has 0 bridgehead atoms. The van der Waals surface area contributed by atoms with Crippen molar-refractivity contribution < 1.29 is 19.1 Å². The monoisotopic (exact) mass is 334 g/mol. The molecule has 1 heterocycles. The summed E-state index contributed by atoms with van der Waals surface area (Å²) in [7, 11) is 0. The Labute approximate surface area is 143 Å². The van der Waals surface area contributed by atoms with Gasteiger partial charge in [-0.15, -0.1) is 0 Å². The van der Waals surface area contributed by atoms with Gasteiger partial charge in [0, 0.05) is 26.2 Å². The van der Waals surface area contributed by atoms with Crippen LogP contribution >= 0.6 is 0 Å². The van der Waals surface area contributed by atoms with E-state index in [-0.39, 0.29) is 12.5 Å². The summed E-state index contributed by atoms with van der Waals surface area (Å²) in [5, 5.41) is 2.71. The van der Waals surface area contributed by atoms with E-state index in [1.54, 1.807) is 12.1 Å². The standard InChI is InChI=1S/C18H26N2O4/c1-14(2)11-19-17(21)13-24-18(22)16-5-3-15(4-6-16)12-20-7-9-23-10-8-20/h3-6,14H,7-13H2,1-2H3,(H,19,21). The molecule has 1 aromatic rings. The van der Waals surface area contributed by atoms with Crippen molar-refractivity contribution in [1.29, 1.82) is 0 Å². The number of amides is 1. The maximum absolute atomic E-state index is 12.0. The van der Waals surface area contributed by atoms with Crippen molar-refractivity contribution in [2.24, 2.45) is 5.92 Å². The second-order valence-corrected chi connectivity index (χ2v) is 6.36. The smallest absolute Gasteiger partial charge is 0.338 e. The molecular formula is C18H26N2O4. The van der Waals surface area contributed by atoms with Crippen LogP contribution in [0.3, 0.4) is 0 Å². The van der Waals surface area contributed by atoms with Crippen LogP contribution in [0.25, 0.3) is 0 Å². The number of hydrogen-bond acceptors (Lipinski definition) is 5. The Balaban J connectivity index is 1.77. The number of hydrogen-bond donors (Lipinski definition) is 1. The molecule has 1 aliphatic rings. The predicted octanol–water partition coefficient (Wildman–Crippen LogP) is 1.45. The van der Waals surface area contributed by atoms with E-state index in [1.165, 1.54) is 0 Å². The molecular weight excluding hydrogens is 308 g/mol. The molecule has 0 unspecified atom stereocenters. The molecule has 6 nitrogen and oxygen atoms in total. The fourth-order valence-corrected chi connectivity index (χ4v) is 2.35. The summed E-state index contributed by atoms with van der Waals surface area (Å²) in [6.07, 6.45) is 0. The van der Waals surface area contributed by atoms with Crippen LogP contribution in [0.4, 0.5) is 0 Å². The third-order valence-electron chi connectivity index (χ3n) is 3.74. The molecule has 1 amide bonds. The molecule has 1 aliphatic heterocycles. The fourth-order valence-electron chi connectivity index (χ4n) is 2.35. The highest BCUT2D eigenvalue weighted by molar-refractivity contribution is 5.91. The lowest BCUT2D eigenvalue weighted by Gasteiger charge is -2.26. The lowest BCUT2D eigenvalue weighted by molar-refractivity contribution is -0.124. The molecule has 0 aromatic heterocycles. The first kappa shape index (κ1) is 18.4. The Hall–Kier alpha value is -1.92. The van der Waals surface area contributed by atoms with Crippen LogP contribution < -0.4 is 5.32 Å². The van der Waals surface area contributed by atoms with Gasteiger partial charge in [0.15, 0.2) is 6.61 Å². The molecule has 0 radical (unpaired) electrons. The number of benzene rings is 1. The second-order valence-electron chi connectivity index (χ2n) is 6.36. The summed E-state index contributed by atoms with van der Waals surface area (Å²) in [6, 6.07) is 7.32. The van der Waals surface area contributed by atoms with Gasteiger partial charge in [-0.05, 0) is 23.6 Å². The average Bonchev–Trinajstić information content (AvgIpc) is 2.59. The minimum Gasteiger partial charge on any atom is -0.452 e. The zero-order valence-electron chi connectivity index (χ0n) is 14.4. The number of rotatable bonds is 7. The number of carbonyl (C=O) groups is 2. The topological polar surface area (TPSA) is 67.9 Å². The number of ether oxygens (including phenoxy) is 2. The third kappa shape index (κ3) is 6.29. The summed E-state index contributed by atoms with van der Waals surface area (Å²) in [5.41, 5.74) is 1.60. The highest BCUT2D eigenvalue weighted by Crippen LogP contribution is 2.10. The van der Waals surface area contributed by atoms with Crippen molar-refractivity contribution in [3.63, 3.8) is 0 Å². The molecule has 1 aromatic carbocycles. The SMILES string of the molecule is CC(C)CNC(=O)COC(=O)c1ccc(CN2CCOCC2)cc1. The fraction of sp³-hybridized carbons (Fsp3) is 0.556. The minimum atomic E-state index is -0.479. The zero-order valence-corrected chi connectivity index (χ0v) is 14.4. The molecule has 1 N–H and O–H groups in total. The summed E-state index contributed by atoms with van der Waals surface area (Å²) < 4.78 is 10.4. The number of esters is 1. The van der Waals surface area contributed by atoms with Crippen molar-refractivity contribution in [1.82, 2.24) is 10.2 Å². The van der Waals surface area contributed by atoms with E-state index in [0.29, 0.717) is 18.0 Å². The Bertz CT molecular complexity index is 536. The minimum absolute atomic E-state index is 0.249. The molecule has 0 aliphatic carbocycles. The normalized spacial score (nSPS) is 15.3. The summed E-state index contributed by atoms with van der Waals surface area (Å²) in [5.74, 6) is -0.391. The van der Waals surface area contributed by atoms with Crippen molar-refractivity contribution in [2.45, 2.75) is 20.4 Å². The lowest BCUT2D eigenvalue weighted by atomic mass is 10.1. The number of morpholine rings is 1. The number of nitrogens with one attached hydrogen (secondary N) is 1. The lowest BCUT2D eigenvalue weighted by Crippen LogP contribution is -2.35. The van der Waals surface area contributed by atoms with E-state index in [1.807, 2.05) is 26.0 Å². The van der Waals surface area contributed by atoms with E-state index in [4.69, 9.17) is 9.47 Å². The van der Waals surface area contributed by atoms with Crippen LogP contribution in [0, 0.1) is 5.92 Å². The number of carbonyl (C=O) groups excluding carboxylic acids is 2. The summed E-state index contributed by atoms with van der Waals surface area (Å²) in [4.78, 5) is 25.8. The second kappa shape index (κ2) is 9.39. The summed E-state index contributed by atoms with van der Waals surface area (Å²) in [6.45, 7) is 8.57. The molecule has 1 fully saturated rings. The van der Waals surface area contributed by atoms with Gasteiger partial charge in [0.2, 0.25) is 0 Å². The molecule has 0 spiro atoms. The van der Waals surface area contributed by atoms with Gasteiger partial charge in [0.05, 0.1) is 18.8 Å². The van der Waals surface area contributed by atoms with Gasteiger partial charge in [-0.1, -0.05) is 26.0 Å². The van der Waals surface area contributed by atoms with E-state index in [2.05, 4.69) is 10.2 Å². The van der Waals surface area contributed by atoms with Crippen LogP contribution in [0.15, 0.2) is 24.3 Å². The number of nitrogens with zero attached hydrogens (tertiary/aromatic N) is 1. The van der Waals surface area contributed by atoms with E-state index in [9.17, 15) is 9.59 Å². The van der Waals surface area contributed by atoms with E-state index >= 15 is 0 Å². The maximum Gasteiger partial charge on any atom is 0.338 e. The van der Waals surface area contributed by atoms with E-state index in [0.717, 1.165) is 38.4 Å². The van der Waals surface area contributed by atoms with Gasteiger partial charge in [0.1, 0.15) is 0 Å². The Morgan fingerprint density at radius 2 is 1.88 bits per heavy atom. The Morgan fingerprint density at radius 1 is 1.21 bits per heavy atom. The zero-order chi connectivity index (χ0) is 17.4. The molecule has 132 valence electrons. The first-order valence-corrected chi connectivity index (χ1v) is 8.37. The maximum atomic E-state index is 12.0. The molecule has 6 heteroatoms. The van der Waals surface area contributed by atoms with Crippen molar-refractivity contribution in [2.75, 3.05) is 39.5 Å².